The maximum atomic E-state index is 10.1. The second-order valence-corrected chi connectivity index (χ2v) is 2.54. The summed E-state index contributed by atoms with van der Waals surface area (Å²) in [5.74, 6) is 0. The van der Waals surface area contributed by atoms with Gasteiger partial charge < -0.3 is 10.2 Å². The summed E-state index contributed by atoms with van der Waals surface area (Å²) in [6.07, 6.45) is -0.452. The van der Waals surface area contributed by atoms with E-state index in [1.54, 1.807) is 0 Å². The highest BCUT2D eigenvalue weighted by Gasteiger charge is 2.17. The number of hydrogen-bond acceptors (Lipinski definition) is 4. The van der Waals surface area contributed by atoms with E-state index in [1.165, 1.54) is 6.92 Å². The van der Waals surface area contributed by atoms with Crippen molar-refractivity contribution in [3.05, 3.63) is 10.1 Å². The molecule has 0 aromatic heterocycles. The van der Waals surface area contributed by atoms with Gasteiger partial charge in [0.25, 0.3) is 0 Å². The van der Waals surface area contributed by atoms with Gasteiger partial charge in [0, 0.05) is 24.9 Å². The molecule has 0 saturated heterocycles. The minimum absolute atomic E-state index is 0.105. The van der Waals surface area contributed by atoms with Gasteiger partial charge in [-0.15, -0.1) is 0 Å². The van der Waals surface area contributed by atoms with Gasteiger partial charge in [-0.25, -0.2) is 0 Å². The van der Waals surface area contributed by atoms with Gasteiger partial charge in [-0.3, -0.25) is 10.1 Å². The lowest BCUT2D eigenvalue weighted by Gasteiger charge is -2.08. The monoisotopic (exact) mass is 163 g/mol. The van der Waals surface area contributed by atoms with Gasteiger partial charge in [0.05, 0.1) is 6.10 Å². The predicted octanol–water partition coefficient (Wildman–Crippen LogP) is -0.215. The quantitative estimate of drug-likeness (QED) is 0.433. The zero-order chi connectivity index (χ0) is 8.85. The third-order valence-electron chi connectivity index (χ3n) is 1.44. The van der Waals surface area contributed by atoms with Crippen LogP contribution in [0, 0.1) is 10.1 Å². The normalized spacial score (nSPS) is 15.9. The number of hydrogen-bond donors (Lipinski definition) is 2. The molecular formula is C6H13NO4. The Kier molecular flexibility index (Phi) is 4.72. The van der Waals surface area contributed by atoms with Gasteiger partial charge in [-0.2, -0.15) is 0 Å². The molecule has 2 atom stereocenters. The van der Waals surface area contributed by atoms with Crippen molar-refractivity contribution >= 4 is 0 Å². The summed E-state index contributed by atoms with van der Waals surface area (Å²) in [7, 11) is 0. The first kappa shape index (κ1) is 10.3. The van der Waals surface area contributed by atoms with Crippen molar-refractivity contribution in [3.63, 3.8) is 0 Å². The molecule has 0 aliphatic rings. The SMILES string of the molecule is CC(CC(O)CCO)[N+](=O)[O-]. The van der Waals surface area contributed by atoms with Crippen LogP contribution >= 0.6 is 0 Å². The van der Waals surface area contributed by atoms with Crippen LogP contribution in [0.3, 0.4) is 0 Å². The molecule has 0 fully saturated rings. The van der Waals surface area contributed by atoms with E-state index < -0.39 is 17.1 Å². The summed E-state index contributed by atoms with van der Waals surface area (Å²) in [5.41, 5.74) is 0. The molecule has 0 aromatic carbocycles. The molecular weight excluding hydrogens is 150 g/mol. The molecule has 2 unspecified atom stereocenters. The molecule has 0 aromatic rings. The molecule has 0 saturated carbocycles. The average Bonchev–Trinajstić information content (AvgIpc) is 1.87. The van der Waals surface area contributed by atoms with Crippen LogP contribution in [0.1, 0.15) is 19.8 Å². The molecule has 5 heteroatoms. The maximum absolute atomic E-state index is 10.1. The first-order valence-electron chi connectivity index (χ1n) is 3.50. The van der Waals surface area contributed by atoms with E-state index >= 15 is 0 Å². The fraction of sp³-hybridized carbons (Fsp3) is 1.00. The summed E-state index contributed by atoms with van der Waals surface area (Å²) < 4.78 is 0. The maximum Gasteiger partial charge on any atom is 0.212 e. The fourth-order valence-corrected chi connectivity index (χ4v) is 0.747. The van der Waals surface area contributed by atoms with Crippen molar-refractivity contribution in [2.24, 2.45) is 0 Å². The van der Waals surface area contributed by atoms with E-state index in [4.69, 9.17) is 10.2 Å². The highest BCUT2D eigenvalue weighted by atomic mass is 16.6. The number of nitro groups is 1. The Morgan fingerprint density at radius 2 is 2.18 bits per heavy atom. The smallest absolute Gasteiger partial charge is 0.212 e. The third kappa shape index (κ3) is 4.69. The van der Waals surface area contributed by atoms with E-state index in [1.807, 2.05) is 0 Å². The van der Waals surface area contributed by atoms with Crippen molar-refractivity contribution < 1.29 is 15.1 Å². The zero-order valence-electron chi connectivity index (χ0n) is 6.43. The largest absolute Gasteiger partial charge is 0.396 e. The first-order chi connectivity index (χ1) is 5.07. The van der Waals surface area contributed by atoms with Crippen molar-refractivity contribution in [2.45, 2.75) is 31.9 Å². The van der Waals surface area contributed by atoms with E-state index in [0.717, 1.165) is 0 Å². The number of aliphatic hydroxyl groups is 2. The lowest BCUT2D eigenvalue weighted by molar-refractivity contribution is -0.520. The van der Waals surface area contributed by atoms with Crippen LogP contribution in [0.15, 0.2) is 0 Å². The molecule has 11 heavy (non-hydrogen) atoms. The van der Waals surface area contributed by atoms with Gasteiger partial charge in [-0.05, 0) is 6.42 Å². The molecule has 0 rings (SSSR count). The Morgan fingerprint density at radius 1 is 1.64 bits per heavy atom. The molecule has 0 aliphatic heterocycles. The zero-order valence-corrected chi connectivity index (χ0v) is 6.43. The molecule has 5 nitrogen and oxygen atoms in total. The Hall–Kier alpha value is -0.680. The van der Waals surface area contributed by atoms with Crippen LogP contribution in [0.25, 0.3) is 0 Å². The van der Waals surface area contributed by atoms with Crippen LogP contribution in [-0.2, 0) is 0 Å². The van der Waals surface area contributed by atoms with Gasteiger partial charge in [0.1, 0.15) is 0 Å². The lowest BCUT2D eigenvalue weighted by Crippen LogP contribution is -2.22. The molecule has 0 bridgehead atoms. The topological polar surface area (TPSA) is 83.6 Å². The van der Waals surface area contributed by atoms with Crippen LogP contribution in [-0.4, -0.2) is 33.9 Å². The average molecular weight is 163 g/mol. The molecule has 66 valence electrons. The van der Waals surface area contributed by atoms with Crippen LogP contribution < -0.4 is 0 Å². The van der Waals surface area contributed by atoms with Crippen LogP contribution in [0.2, 0.25) is 0 Å². The van der Waals surface area contributed by atoms with E-state index in [2.05, 4.69) is 0 Å². The highest BCUT2D eigenvalue weighted by molar-refractivity contribution is 4.59. The van der Waals surface area contributed by atoms with E-state index in [9.17, 15) is 10.1 Å². The van der Waals surface area contributed by atoms with Crippen molar-refractivity contribution in [3.8, 4) is 0 Å². The fourth-order valence-electron chi connectivity index (χ4n) is 0.747. The van der Waals surface area contributed by atoms with Crippen LogP contribution in [0.4, 0.5) is 0 Å². The van der Waals surface area contributed by atoms with E-state index in [0.29, 0.717) is 0 Å². The summed E-state index contributed by atoms with van der Waals surface area (Å²) in [4.78, 5) is 9.63. The third-order valence-corrected chi connectivity index (χ3v) is 1.44. The summed E-state index contributed by atoms with van der Waals surface area (Å²) >= 11 is 0. The Labute approximate surface area is 64.8 Å². The molecule has 0 heterocycles. The van der Waals surface area contributed by atoms with Crippen molar-refractivity contribution in [1.29, 1.82) is 0 Å². The van der Waals surface area contributed by atoms with Crippen molar-refractivity contribution in [2.75, 3.05) is 6.61 Å². The van der Waals surface area contributed by atoms with Gasteiger partial charge in [0.15, 0.2) is 0 Å². The number of aliphatic hydroxyl groups excluding tert-OH is 2. The van der Waals surface area contributed by atoms with Gasteiger partial charge in [-0.1, -0.05) is 0 Å². The standard InChI is InChI=1S/C6H13NO4/c1-5(7(10)11)4-6(9)2-3-8/h5-6,8-9H,2-4H2,1H3. The minimum atomic E-state index is -0.764. The van der Waals surface area contributed by atoms with Crippen LogP contribution in [0.5, 0.6) is 0 Å². The lowest BCUT2D eigenvalue weighted by atomic mass is 10.1. The van der Waals surface area contributed by atoms with Gasteiger partial charge >= 0.3 is 0 Å². The second-order valence-electron chi connectivity index (χ2n) is 2.54. The predicted molar refractivity (Wildman–Crippen MR) is 38.8 cm³/mol. The Balaban J connectivity index is 3.56. The minimum Gasteiger partial charge on any atom is -0.396 e. The van der Waals surface area contributed by atoms with E-state index in [-0.39, 0.29) is 19.4 Å². The molecule has 2 N–H and O–H groups in total. The second kappa shape index (κ2) is 5.03. The van der Waals surface area contributed by atoms with Gasteiger partial charge in [0.2, 0.25) is 6.04 Å². The highest BCUT2D eigenvalue weighted by Crippen LogP contribution is 2.03. The molecule has 0 aliphatic carbocycles. The number of rotatable bonds is 5. The first-order valence-corrected chi connectivity index (χ1v) is 3.50. The Morgan fingerprint density at radius 3 is 2.55 bits per heavy atom. The Bertz CT molecular complexity index is 128. The summed E-state index contributed by atoms with van der Waals surface area (Å²) in [5, 5.41) is 27.4. The van der Waals surface area contributed by atoms with Crippen molar-refractivity contribution in [1.82, 2.24) is 0 Å². The molecule has 0 radical (unpaired) electrons. The summed E-state index contributed by atoms with van der Waals surface area (Å²) in [6, 6.07) is -0.739. The summed E-state index contributed by atoms with van der Waals surface area (Å²) in [6.45, 7) is 1.30. The number of nitrogens with zero attached hydrogens (tertiary/aromatic N) is 1. The molecule has 0 amide bonds. The molecule has 0 spiro atoms.